The first kappa shape index (κ1) is 19.9. The lowest BCUT2D eigenvalue weighted by atomic mass is 9.98. The Bertz CT molecular complexity index is 874. The molecule has 0 spiro atoms. The molecule has 1 aromatic heterocycles. The average molecular weight is 387 g/mol. The van der Waals surface area contributed by atoms with Crippen molar-refractivity contribution in [2.75, 3.05) is 26.2 Å². The second-order valence-corrected chi connectivity index (χ2v) is 8.05. The Morgan fingerprint density at radius 1 is 1.20 bits per heavy atom. The summed E-state index contributed by atoms with van der Waals surface area (Å²) < 4.78 is 32.3. The first-order valence-electron chi connectivity index (χ1n) is 8.25. The molecule has 1 N–H and O–H groups in total. The van der Waals surface area contributed by atoms with Gasteiger partial charge in [0.1, 0.15) is 5.58 Å². The third-order valence-electron chi connectivity index (χ3n) is 4.49. The van der Waals surface area contributed by atoms with Gasteiger partial charge in [0.25, 0.3) is 0 Å². The number of halogens is 1. The Balaban J connectivity index is 0.00000225. The van der Waals surface area contributed by atoms with Crippen LogP contribution in [0.4, 0.5) is 0 Å². The van der Waals surface area contributed by atoms with Gasteiger partial charge in [-0.05, 0) is 56.1 Å². The molecule has 0 unspecified atom stereocenters. The van der Waals surface area contributed by atoms with Crippen molar-refractivity contribution in [2.45, 2.75) is 24.7 Å². The van der Waals surface area contributed by atoms with Crippen molar-refractivity contribution >= 4 is 33.4 Å². The molecule has 6 nitrogen and oxygen atoms in total. The third kappa shape index (κ3) is 4.41. The van der Waals surface area contributed by atoms with Crippen molar-refractivity contribution < 1.29 is 12.8 Å². The van der Waals surface area contributed by atoms with Crippen molar-refractivity contribution in [2.24, 2.45) is 5.92 Å². The zero-order valence-electron chi connectivity index (χ0n) is 14.1. The van der Waals surface area contributed by atoms with E-state index in [2.05, 4.69) is 12.2 Å². The van der Waals surface area contributed by atoms with Crippen molar-refractivity contribution in [3.05, 3.63) is 40.8 Å². The molecule has 1 fully saturated rings. The van der Waals surface area contributed by atoms with Crippen LogP contribution >= 0.6 is 12.4 Å². The van der Waals surface area contributed by atoms with Gasteiger partial charge in [-0.2, -0.15) is 4.31 Å². The zero-order valence-corrected chi connectivity index (χ0v) is 15.7. The maximum absolute atomic E-state index is 12.8. The molecule has 0 amide bonds. The highest BCUT2D eigenvalue weighted by Gasteiger charge is 2.29. The number of rotatable bonds is 5. The summed E-state index contributed by atoms with van der Waals surface area (Å²) in [5.41, 5.74) is -0.0494. The normalized spacial score (nSPS) is 16.7. The summed E-state index contributed by atoms with van der Waals surface area (Å²) in [6.07, 6.45) is 1.74. The van der Waals surface area contributed by atoms with Crippen LogP contribution in [0, 0.1) is 5.92 Å². The Morgan fingerprint density at radius 3 is 2.60 bits per heavy atom. The first-order chi connectivity index (χ1) is 11.5. The van der Waals surface area contributed by atoms with E-state index in [1.54, 1.807) is 22.5 Å². The Morgan fingerprint density at radius 2 is 1.92 bits per heavy atom. The van der Waals surface area contributed by atoms with Gasteiger partial charge in [-0.3, -0.25) is 0 Å². The van der Waals surface area contributed by atoms with E-state index >= 15 is 0 Å². The van der Waals surface area contributed by atoms with Gasteiger partial charge in [0, 0.05) is 24.5 Å². The highest BCUT2D eigenvalue weighted by atomic mass is 35.5. The lowest BCUT2D eigenvalue weighted by molar-refractivity contribution is 0.268. The Labute approximate surface area is 153 Å². The summed E-state index contributed by atoms with van der Waals surface area (Å²) in [4.78, 5) is 11.5. The third-order valence-corrected chi connectivity index (χ3v) is 6.38. The predicted octanol–water partition coefficient (Wildman–Crippen LogP) is 2.23. The molecule has 1 aliphatic rings. The van der Waals surface area contributed by atoms with Gasteiger partial charge < -0.3 is 9.73 Å². The van der Waals surface area contributed by atoms with Crippen LogP contribution < -0.4 is 10.9 Å². The number of fused-ring (bicyclic) bond motifs is 1. The Hall–Kier alpha value is -1.41. The van der Waals surface area contributed by atoms with E-state index in [1.807, 2.05) is 0 Å². The maximum atomic E-state index is 12.8. The van der Waals surface area contributed by atoms with Crippen LogP contribution in [0.25, 0.3) is 11.0 Å². The van der Waals surface area contributed by atoms with Gasteiger partial charge in [-0.1, -0.05) is 6.92 Å². The number of nitrogens with zero attached hydrogens (tertiary/aromatic N) is 1. The van der Waals surface area contributed by atoms with Gasteiger partial charge in [0.05, 0.1) is 4.90 Å². The van der Waals surface area contributed by atoms with Crippen LogP contribution in [-0.4, -0.2) is 38.9 Å². The summed E-state index contributed by atoms with van der Waals surface area (Å²) in [6, 6.07) is 7.50. The van der Waals surface area contributed by atoms with Crippen molar-refractivity contribution in [3.8, 4) is 0 Å². The smallest absolute Gasteiger partial charge is 0.336 e. The van der Waals surface area contributed by atoms with Crippen molar-refractivity contribution in [1.82, 2.24) is 9.62 Å². The Kier molecular flexibility index (Phi) is 6.62. The molecule has 2 heterocycles. The summed E-state index contributed by atoms with van der Waals surface area (Å²) in [5.74, 6) is 0.530. The van der Waals surface area contributed by atoms with Crippen LogP contribution in [-0.2, 0) is 10.0 Å². The lowest BCUT2D eigenvalue weighted by Crippen LogP contribution is -2.40. The van der Waals surface area contributed by atoms with Crippen molar-refractivity contribution in [1.29, 1.82) is 0 Å². The van der Waals surface area contributed by atoms with Crippen LogP contribution in [0.15, 0.2) is 44.4 Å². The van der Waals surface area contributed by atoms with Crippen LogP contribution in [0.1, 0.15) is 19.8 Å². The molecule has 2 aromatic rings. The van der Waals surface area contributed by atoms with E-state index in [0.29, 0.717) is 30.0 Å². The van der Waals surface area contributed by atoms with Crippen LogP contribution in [0.5, 0.6) is 0 Å². The fourth-order valence-electron chi connectivity index (χ4n) is 3.06. The average Bonchev–Trinajstić information content (AvgIpc) is 2.59. The molecule has 0 radical (unpaired) electrons. The van der Waals surface area contributed by atoms with Gasteiger partial charge in [0.2, 0.25) is 10.0 Å². The number of benzene rings is 1. The van der Waals surface area contributed by atoms with Gasteiger partial charge in [-0.15, -0.1) is 12.4 Å². The molecule has 25 heavy (non-hydrogen) atoms. The molecule has 3 rings (SSSR count). The second kappa shape index (κ2) is 8.31. The summed E-state index contributed by atoms with van der Waals surface area (Å²) >= 11 is 0. The fraction of sp³-hybridized carbons (Fsp3) is 0.471. The highest BCUT2D eigenvalue weighted by molar-refractivity contribution is 7.89. The summed E-state index contributed by atoms with van der Waals surface area (Å²) in [7, 11) is -3.51. The van der Waals surface area contributed by atoms with E-state index in [4.69, 9.17) is 4.42 Å². The molecule has 0 saturated carbocycles. The first-order valence-corrected chi connectivity index (χ1v) is 9.69. The number of hydrogen-bond donors (Lipinski definition) is 1. The molecule has 0 aliphatic carbocycles. The minimum absolute atomic E-state index is 0. The predicted molar refractivity (Wildman–Crippen MR) is 99.8 cm³/mol. The summed E-state index contributed by atoms with van der Waals surface area (Å²) in [6.45, 7) is 5.03. The standard InChI is InChI=1S/C17H22N2O4S.ClH/c1-2-18-12-13-7-9-19(10-8-13)24(21,22)15-4-5-16-14(11-15)3-6-17(20)23-16;/h3-6,11,13,18H,2,7-10,12H2,1H3;1H. The number of sulfonamides is 1. The molecule has 0 atom stereocenters. The zero-order chi connectivity index (χ0) is 17.2. The molecule has 1 saturated heterocycles. The molecular weight excluding hydrogens is 364 g/mol. The molecule has 0 bridgehead atoms. The number of piperidine rings is 1. The van der Waals surface area contributed by atoms with Crippen molar-refractivity contribution in [3.63, 3.8) is 0 Å². The largest absolute Gasteiger partial charge is 0.423 e. The van der Waals surface area contributed by atoms with E-state index < -0.39 is 15.6 Å². The van der Waals surface area contributed by atoms with E-state index in [0.717, 1.165) is 25.9 Å². The second-order valence-electron chi connectivity index (χ2n) is 6.11. The van der Waals surface area contributed by atoms with E-state index in [-0.39, 0.29) is 17.3 Å². The molecule has 138 valence electrons. The molecule has 1 aromatic carbocycles. The molecule has 1 aliphatic heterocycles. The van der Waals surface area contributed by atoms with Gasteiger partial charge >= 0.3 is 5.63 Å². The van der Waals surface area contributed by atoms with Gasteiger partial charge in [0.15, 0.2) is 0 Å². The van der Waals surface area contributed by atoms with E-state index in [1.165, 1.54) is 12.1 Å². The number of nitrogens with one attached hydrogen (secondary N) is 1. The summed E-state index contributed by atoms with van der Waals surface area (Å²) in [5, 5.41) is 3.93. The van der Waals surface area contributed by atoms with Crippen LogP contribution in [0.2, 0.25) is 0 Å². The topological polar surface area (TPSA) is 79.6 Å². The lowest BCUT2D eigenvalue weighted by Gasteiger charge is -2.31. The fourth-order valence-corrected chi connectivity index (χ4v) is 4.57. The monoisotopic (exact) mass is 386 g/mol. The number of hydrogen-bond acceptors (Lipinski definition) is 5. The SMILES string of the molecule is CCNCC1CCN(S(=O)(=O)c2ccc3oc(=O)ccc3c2)CC1.Cl. The highest BCUT2D eigenvalue weighted by Crippen LogP contribution is 2.25. The molecule has 8 heteroatoms. The van der Waals surface area contributed by atoms with Crippen LogP contribution in [0.3, 0.4) is 0 Å². The quantitative estimate of drug-likeness (QED) is 0.797. The minimum Gasteiger partial charge on any atom is -0.423 e. The molecular formula is C17H23ClN2O4S. The van der Waals surface area contributed by atoms with E-state index in [9.17, 15) is 13.2 Å². The maximum Gasteiger partial charge on any atom is 0.336 e. The van der Waals surface area contributed by atoms with Gasteiger partial charge in [-0.25, -0.2) is 13.2 Å². The minimum atomic E-state index is -3.51.